The lowest BCUT2D eigenvalue weighted by Gasteiger charge is -2.52. The van der Waals surface area contributed by atoms with Gasteiger partial charge in [0.25, 0.3) is 0 Å². The highest BCUT2D eigenvalue weighted by Gasteiger charge is 2.47. The van der Waals surface area contributed by atoms with E-state index in [1.807, 2.05) is 78.9 Å². The zero-order valence-electron chi connectivity index (χ0n) is 20.2. The van der Waals surface area contributed by atoms with Crippen LogP contribution in [0.4, 0.5) is 5.69 Å². The van der Waals surface area contributed by atoms with E-state index in [1.54, 1.807) is 0 Å². The predicted molar refractivity (Wildman–Crippen MR) is 138 cm³/mol. The second-order valence-electron chi connectivity index (χ2n) is 9.92. The van der Waals surface area contributed by atoms with Gasteiger partial charge in [-0.25, -0.2) is 4.79 Å². The highest BCUT2D eigenvalue weighted by molar-refractivity contribution is 5.80. The fourth-order valence-corrected chi connectivity index (χ4v) is 5.55. The third-order valence-corrected chi connectivity index (χ3v) is 7.57. The number of benzene rings is 3. The minimum Gasteiger partial charge on any atom is -0.488 e. The lowest BCUT2D eigenvalue weighted by Crippen LogP contribution is -2.65. The first kappa shape index (κ1) is 23.4. The fourth-order valence-electron chi connectivity index (χ4n) is 5.55. The summed E-state index contributed by atoms with van der Waals surface area (Å²) < 4.78 is 13.3. The summed E-state index contributed by atoms with van der Waals surface area (Å²) in [5.41, 5.74) is 2.05. The van der Waals surface area contributed by atoms with Crippen LogP contribution in [-0.4, -0.2) is 55.4 Å². The Morgan fingerprint density at radius 3 is 2.20 bits per heavy atom. The number of esters is 1. The minimum atomic E-state index is -0.426. The summed E-state index contributed by atoms with van der Waals surface area (Å²) in [5.74, 6) is 1.22. The SMILES string of the molecule is O=C(O[C@H]1C[N+]2(CCOc3ccccc3)CCC1CC2)C(Cc1ccccc1)Nc1ccccc1. The average molecular weight is 472 g/mol. The number of hydrogen-bond acceptors (Lipinski definition) is 4. The summed E-state index contributed by atoms with van der Waals surface area (Å²) in [7, 11) is 0. The highest BCUT2D eigenvalue weighted by atomic mass is 16.5. The van der Waals surface area contributed by atoms with Crippen molar-refractivity contribution >= 4 is 11.7 Å². The van der Waals surface area contributed by atoms with E-state index >= 15 is 0 Å². The third kappa shape index (κ3) is 6.04. The Bertz CT molecular complexity index is 1030. The molecule has 3 aliphatic rings. The van der Waals surface area contributed by atoms with Crippen LogP contribution >= 0.6 is 0 Å². The zero-order chi connectivity index (χ0) is 23.9. The Hall–Kier alpha value is -3.31. The van der Waals surface area contributed by atoms with Crippen molar-refractivity contribution in [2.75, 3.05) is 38.1 Å². The van der Waals surface area contributed by atoms with Crippen molar-refractivity contribution in [1.82, 2.24) is 0 Å². The van der Waals surface area contributed by atoms with Crippen molar-refractivity contribution in [2.45, 2.75) is 31.4 Å². The summed E-state index contributed by atoms with van der Waals surface area (Å²) in [6, 6.07) is 29.6. The molecule has 3 saturated heterocycles. The van der Waals surface area contributed by atoms with Gasteiger partial charge in [0.1, 0.15) is 31.5 Å². The molecule has 0 spiro atoms. The molecule has 0 saturated carbocycles. The monoisotopic (exact) mass is 471 g/mol. The topological polar surface area (TPSA) is 47.6 Å². The highest BCUT2D eigenvalue weighted by Crippen LogP contribution is 2.35. The van der Waals surface area contributed by atoms with Crippen LogP contribution in [0.2, 0.25) is 0 Å². The van der Waals surface area contributed by atoms with Crippen LogP contribution < -0.4 is 10.1 Å². The van der Waals surface area contributed by atoms with Crippen LogP contribution in [0.5, 0.6) is 5.75 Å². The number of carbonyl (C=O) groups excluding carboxylic acids is 1. The molecule has 5 nitrogen and oxygen atoms in total. The van der Waals surface area contributed by atoms with Gasteiger partial charge in [-0.05, 0) is 29.8 Å². The van der Waals surface area contributed by atoms with E-state index in [2.05, 4.69) is 17.4 Å². The number of rotatable bonds is 10. The maximum atomic E-state index is 13.5. The largest absolute Gasteiger partial charge is 0.488 e. The van der Waals surface area contributed by atoms with Crippen molar-refractivity contribution in [3.8, 4) is 5.75 Å². The van der Waals surface area contributed by atoms with E-state index in [9.17, 15) is 4.79 Å². The van der Waals surface area contributed by atoms with Gasteiger partial charge >= 0.3 is 5.97 Å². The van der Waals surface area contributed by atoms with Crippen molar-refractivity contribution in [2.24, 2.45) is 5.92 Å². The number of fused-ring (bicyclic) bond motifs is 3. The molecular formula is C30H35N2O3+. The van der Waals surface area contributed by atoms with Gasteiger partial charge in [-0.3, -0.25) is 0 Å². The van der Waals surface area contributed by atoms with E-state index in [-0.39, 0.29) is 12.1 Å². The zero-order valence-corrected chi connectivity index (χ0v) is 20.2. The molecule has 1 unspecified atom stereocenters. The molecule has 2 atom stereocenters. The van der Waals surface area contributed by atoms with E-state index in [0.717, 1.165) is 60.5 Å². The maximum Gasteiger partial charge on any atom is 0.329 e. The standard InChI is InChI=1S/C30H35N2O3/c33-30(28(22-24-10-4-1-5-11-24)31-26-12-6-2-7-13-26)35-29-23-32(18-16-25(29)17-19-32)20-21-34-27-14-8-3-9-15-27/h1-15,25,28-29,31H,16-23H2/q+1/t25?,28?,29-,32?/m0/s1. The molecule has 3 heterocycles. The average Bonchev–Trinajstić information content (AvgIpc) is 2.91. The van der Waals surface area contributed by atoms with Crippen LogP contribution in [0.1, 0.15) is 18.4 Å². The van der Waals surface area contributed by atoms with Crippen LogP contribution in [0.3, 0.4) is 0 Å². The fraction of sp³-hybridized carbons (Fsp3) is 0.367. The van der Waals surface area contributed by atoms with Gasteiger partial charge in [-0.15, -0.1) is 0 Å². The molecule has 3 aromatic rings. The van der Waals surface area contributed by atoms with E-state index in [1.165, 1.54) is 0 Å². The molecule has 2 bridgehead atoms. The molecule has 3 aliphatic heterocycles. The molecule has 5 heteroatoms. The first-order chi connectivity index (χ1) is 17.2. The minimum absolute atomic E-state index is 0.0300. The summed E-state index contributed by atoms with van der Waals surface area (Å²) in [5, 5.41) is 3.42. The second kappa shape index (κ2) is 11.0. The molecule has 35 heavy (non-hydrogen) atoms. The molecule has 0 aromatic heterocycles. The summed E-state index contributed by atoms with van der Waals surface area (Å²) in [6.07, 6.45) is 2.78. The number of piperidine rings is 3. The van der Waals surface area contributed by atoms with Crippen LogP contribution in [0, 0.1) is 5.92 Å². The van der Waals surface area contributed by atoms with E-state index < -0.39 is 6.04 Å². The molecule has 3 fully saturated rings. The lowest BCUT2D eigenvalue weighted by atomic mass is 9.83. The smallest absolute Gasteiger partial charge is 0.329 e. The normalized spacial score (nSPS) is 23.9. The van der Waals surface area contributed by atoms with Crippen LogP contribution in [0.15, 0.2) is 91.0 Å². The molecule has 6 rings (SSSR count). The lowest BCUT2D eigenvalue weighted by molar-refractivity contribution is -0.946. The van der Waals surface area contributed by atoms with Crippen LogP contribution in [-0.2, 0) is 16.0 Å². The van der Waals surface area contributed by atoms with Crippen LogP contribution in [0.25, 0.3) is 0 Å². The van der Waals surface area contributed by atoms with Crippen molar-refractivity contribution in [3.63, 3.8) is 0 Å². The van der Waals surface area contributed by atoms with Gasteiger partial charge in [0.2, 0.25) is 0 Å². The summed E-state index contributed by atoms with van der Waals surface area (Å²) in [4.78, 5) is 13.5. The van der Waals surface area contributed by atoms with Gasteiger partial charge in [-0.2, -0.15) is 0 Å². The molecule has 0 amide bonds. The first-order valence-corrected chi connectivity index (χ1v) is 12.8. The number of hydrogen-bond donors (Lipinski definition) is 1. The first-order valence-electron chi connectivity index (χ1n) is 12.8. The predicted octanol–water partition coefficient (Wildman–Crippen LogP) is 4.94. The van der Waals surface area contributed by atoms with Crippen molar-refractivity contribution in [1.29, 1.82) is 0 Å². The van der Waals surface area contributed by atoms with Crippen molar-refractivity contribution < 1.29 is 18.8 Å². The van der Waals surface area contributed by atoms with Gasteiger partial charge in [0.15, 0.2) is 6.10 Å². The molecular weight excluding hydrogens is 436 g/mol. The van der Waals surface area contributed by atoms with Gasteiger partial charge in [-0.1, -0.05) is 66.7 Å². The number of nitrogens with zero attached hydrogens (tertiary/aromatic N) is 1. The summed E-state index contributed by atoms with van der Waals surface area (Å²) in [6.45, 7) is 4.81. The number of anilines is 1. The van der Waals surface area contributed by atoms with Gasteiger partial charge < -0.3 is 19.3 Å². The molecule has 3 aromatic carbocycles. The number of carbonyl (C=O) groups is 1. The van der Waals surface area contributed by atoms with Crippen molar-refractivity contribution in [3.05, 3.63) is 96.6 Å². The Labute approximate surface area is 208 Å². The number of quaternary nitrogens is 1. The Morgan fingerprint density at radius 2 is 1.51 bits per heavy atom. The Morgan fingerprint density at radius 1 is 0.886 bits per heavy atom. The third-order valence-electron chi connectivity index (χ3n) is 7.57. The second-order valence-corrected chi connectivity index (χ2v) is 9.92. The molecule has 0 aliphatic carbocycles. The van der Waals surface area contributed by atoms with E-state index in [4.69, 9.17) is 9.47 Å². The molecule has 1 N–H and O–H groups in total. The maximum absolute atomic E-state index is 13.5. The molecule has 0 radical (unpaired) electrons. The Kier molecular flexibility index (Phi) is 7.34. The molecule has 182 valence electrons. The number of ether oxygens (including phenoxy) is 2. The number of nitrogens with one attached hydrogen (secondary N) is 1. The quantitative estimate of drug-likeness (QED) is 0.336. The van der Waals surface area contributed by atoms with Gasteiger partial charge in [0, 0.05) is 30.9 Å². The number of para-hydroxylation sites is 2. The Balaban J connectivity index is 1.23. The van der Waals surface area contributed by atoms with E-state index in [0.29, 0.717) is 18.9 Å². The van der Waals surface area contributed by atoms with Gasteiger partial charge in [0.05, 0.1) is 13.1 Å². The summed E-state index contributed by atoms with van der Waals surface area (Å²) >= 11 is 0.